The quantitative estimate of drug-likeness (QED) is 0.760. The van der Waals surface area contributed by atoms with E-state index in [-0.39, 0.29) is 22.9 Å². The summed E-state index contributed by atoms with van der Waals surface area (Å²) in [5.41, 5.74) is 0.863. The number of fused-ring (bicyclic) bond motifs is 1. The highest BCUT2D eigenvalue weighted by Gasteiger charge is 2.28. The fourth-order valence-corrected chi connectivity index (χ4v) is 3.79. The zero-order valence-electron chi connectivity index (χ0n) is 15.4. The molecule has 0 unspecified atom stereocenters. The number of sulfonamides is 1. The molecule has 2 aromatic rings. The van der Waals surface area contributed by atoms with Crippen molar-refractivity contribution in [1.29, 1.82) is 0 Å². The minimum absolute atomic E-state index is 0.126. The van der Waals surface area contributed by atoms with Crippen molar-refractivity contribution in [1.82, 2.24) is 4.72 Å². The van der Waals surface area contributed by atoms with E-state index in [0.717, 1.165) is 0 Å². The van der Waals surface area contributed by atoms with Crippen LogP contribution < -0.4 is 19.5 Å². The molecule has 28 heavy (non-hydrogen) atoms. The Kier molecular flexibility index (Phi) is 5.55. The summed E-state index contributed by atoms with van der Waals surface area (Å²) in [4.78, 5) is 24.0. The van der Waals surface area contributed by atoms with Gasteiger partial charge in [-0.2, -0.15) is 0 Å². The third kappa shape index (κ3) is 4.25. The summed E-state index contributed by atoms with van der Waals surface area (Å²) in [6.45, 7) is 1.81. The van der Waals surface area contributed by atoms with E-state index in [1.54, 1.807) is 24.3 Å². The molecule has 0 aliphatic carbocycles. The van der Waals surface area contributed by atoms with E-state index in [0.29, 0.717) is 23.5 Å². The van der Waals surface area contributed by atoms with E-state index in [1.165, 1.54) is 25.3 Å². The van der Waals surface area contributed by atoms with E-state index in [9.17, 15) is 18.0 Å². The largest absolute Gasteiger partial charge is 0.497 e. The molecule has 1 heterocycles. The second kappa shape index (κ2) is 7.89. The van der Waals surface area contributed by atoms with Gasteiger partial charge in [0.2, 0.25) is 5.91 Å². The van der Waals surface area contributed by atoms with Gasteiger partial charge in [0, 0.05) is 0 Å². The van der Waals surface area contributed by atoms with Gasteiger partial charge in [-0.15, -0.1) is 0 Å². The van der Waals surface area contributed by atoms with E-state index >= 15 is 0 Å². The Bertz CT molecular complexity index is 1020. The molecule has 0 saturated carbocycles. The first kappa shape index (κ1) is 19.7. The van der Waals surface area contributed by atoms with Gasteiger partial charge in [0.1, 0.15) is 11.5 Å². The van der Waals surface area contributed by atoms with Crippen molar-refractivity contribution in [2.75, 3.05) is 12.4 Å². The van der Waals surface area contributed by atoms with Crippen molar-refractivity contribution in [2.45, 2.75) is 30.8 Å². The molecule has 0 fully saturated rings. The summed E-state index contributed by atoms with van der Waals surface area (Å²) >= 11 is 0. The van der Waals surface area contributed by atoms with Crippen molar-refractivity contribution in [3.8, 4) is 11.5 Å². The van der Waals surface area contributed by atoms with Crippen molar-refractivity contribution >= 4 is 27.5 Å². The standard InChI is InChI=1S/C19H20N2O6S/c1-3-16-19(23)20-15-11-14(7-8-17(15)27-16)28(24,25)21-18(22)10-12-5-4-6-13(9-12)26-2/h4-9,11,16H,3,10H2,1-2H3,(H,20,23)(H,21,22)/t16-/m1/s1. The second-order valence-electron chi connectivity index (χ2n) is 6.22. The number of carbonyl (C=O) groups excluding carboxylic acids is 2. The number of amides is 2. The molecule has 0 spiro atoms. The SMILES string of the molecule is CC[C@H]1Oc2ccc(S(=O)(=O)NC(=O)Cc3cccc(OC)c3)cc2NC1=O. The lowest BCUT2D eigenvalue weighted by molar-refractivity contribution is -0.123. The Morgan fingerprint density at radius 1 is 1.25 bits per heavy atom. The fraction of sp³-hybridized carbons (Fsp3) is 0.263. The molecule has 0 radical (unpaired) electrons. The Hall–Kier alpha value is -3.07. The van der Waals surface area contributed by atoms with Crippen LogP contribution in [0.5, 0.6) is 11.5 Å². The molecule has 0 aromatic heterocycles. The maximum Gasteiger partial charge on any atom is 0.265 e. The lowest BCUT2D eigenvalue weighted by Gasteiger charge is -2.25. The minimum Gasteiger partial charge on any atom is -0.497 e. The number of methoxy groups -OCH3 is 1. The van der Waals surface area contributed by atoms with Crippen LogP contribution in [0.25, 0.3) is 0 Å². The average molecular weight is 404 g/mol. The molecule has 2 amide bonds. The highest BCUT2D eigenvalue weighted by molar-refractivity contribution is 7.90. The first-order chi connectivity index (χ1) is 13.3. The summed E-state index contributed by atoms with van der Waals surface area (Å²) in [7, 11) is -2.60. The Labute approximate surface area is 162 Å². The number of nitrogens with one attached hydrogen (secondary N) is 2. The Morgan fingerprint density at radius 3 is 2.75 bits per heavy atom. The zero-order chi connectivity index (χ0) is 20.3. The van der Waals surface area contributed by atoms with Crippen LogP contribution in [0.1, 0.15) is 18.9 Å². The van der Waals surface area contributed by atoms with Crippen LogP contribution in [0.4, 0.5) is 5.69 Å². The van der Waals surface area contributed by atoms with Crippen molar-refractivity contribution in [3.63, 3.8) is 0 Å². The van der Waals surface area contributed by atoms with Gasteiger partial charge in [-0.3, -0.25) is 9.59 Å². The van der Waals surface area contributed by atoms with Gasteiger partial charge in [0.25, 0.3) is 15.9 Å². The molecule has 8 nitrogen and oxygen atoms in total. The smallest absolute Gasteiger partial charge is 0.265 e. The molecule has 1 aliphatic rings. The zero-order valence-corrected chi connectivity index (χ0v) is 16.2. The number of benzene rings is 2. The number of ether oxygens (including phenoxy) is 2. The van der Waals surface area contributed by atoms with Crippen molar-refractivity contribution in [2.24, 2.45) is 0 Å². The van der Waals surface area contributed by atoms with E-state index in [2.05, 4.69) is 5.32 Å². The van der Waals surface area contributed by atoms with Gasteiger partial charge in [-0.05, 0) is 42.3 Å². The minimum atomic E-state index is -4.10. The molecule has 2 aromatic carbocycles. The van der Waals surface area contributed by atoms with Crippen LogP contribution in [0, 0.1) is 0 Å². The Balaban J connectivity index is 1.75. The second-order valence-corrected chi connectivity index (χ2v) is 7.90. The predicted octanol–water partition coefficient (Wildman–Crippen LogP) is 1.85. The molecule has 1 atom stereocenters. The molecular weight excluding hydrogens is 384 g/mol. The first-order valence-electron chi connectivity index (χ1n) is 8.62. The molecular formula is C19H20N2O6S. The van der Waals surface area contributed by atoms with Gasteiger partial charge in [-0.1, -0.05) is 19.1 Å². The Morgan fingerprint density at radius 2 is 2.04 bits per heavy atom. The summed E-state index contributed by atoms with van der Waals surface area (Å²) < 4.78 is 37.7. The number of anilines is 1. The summed E-state index contributed by atoms with van der Waals surface area (Å²) in [5, 5.41) is 2.62. The molecule has 1 aliphatic heterocycles. The highest BCUT2D eigenvalue weighted by Crippen LogP contribution is 2.32. The normalized spacial score (nSPS) is 15.8. The highest BCUT2D eigenvalue weighted by atomic mass is 32.2. The number of rotatable bonds is 6. The fourth-order valence-electron chi connectivity index (χ4n) is 2.78. The molecule has 2 N–H and O–H groups in total. The van der Waals surface area contributed by atoms with Crippen molar-refractivity contribution < 1.29 is 27.5 Å². The lowest BCUT2D eigenvalue weighted by atomic mass is 10.1. The van der Waals surface area contributed by atoms with Crippen LogP contribution in [0.2, 0.25) is 0 Å². The molecule has 0 bridgehead atoms. The molecule has 0 saturated heterocycles. The third-order valence-corrected chi connectivity index (χ3v) is 5.57. The van der Waals surface area contributed by atoms with E-state index < -0.39 is 22.0 Å². The van der Waals surface area contributed by atoms with Crippen LogP contribution in [-0.4, -0.2) is 33.4 Å². The average Bonchev–Trinajstić information content (AvgIpc) is 2.66. The van der Waals surface area contributed by atoms with Crippen LogP contribution in [-0.2, 0) is 26.0 Å². The van der Waals surface area contributed by atoms with Crippen LogP contribution in [0.15, 0.2) is 47.4 Å². The van der Waals surface area contributed by atoms with Gasteiger partial charge >= 0.3 is 0 Å². The molecule has 3 rings (SSSR count). The summed E-state index contributed by atoms with van der Waals surface area (Å²) in [6.07, 6.45) is -0.247. The van der Waals surface area contributed by atoms with Gasteiger partial charge in [0.05, 0.1) is 24.1 Å². The third-order valence-electron chi connectivity index (χ3n) is 4.20. The molecule has 9 heteroatoms. The van der Waals surface area contributed by atoms with Crippen LogP contribution >= 0.6 is 0 Å². The van der Waals surface area contributed by atoms with E-state index in [4.69, 9.17) is 9.47 Å². The lowest BCUT2D eigenvalue weighted by Crippen LogP contribution is -2.36. The van der Waals surface area contributed by atoms with Crippen molar-refractivity contribution in [3.05, 3.63) is 48.0 Å². The molecule has 148 valence electrons. The number of hydrogen-bond donors (Lipinski definition) is 2. The number of hydrogen-bond acceptors (Lipinski definition) is 6. The maximum absolute atomic E-state index is 12.5. The summed E-state index contributed by atoms with van der Waals surface area (Å²) in [5.74, 6) is -0.0685. The number of carbonyl (C=O) groups is 2. The monoisotopic (exact) mass is 404 g/mol. The van der Waals surface area contributed by atoms with Crippen LogP contribution in [0.3, 0.4) is 0 Å². The summed E-state index contributed by atoms with van der Waals surface area (Å²) in [6, 6.07) is 10.8. The first-order valence-corrected chi connectivity index (χ1v) is 10.1. The van der Waals surface area contributed by atoms with Gasteiger partial charge in [0.15, 0.2) is 6.10 Å². The topological polar surface area (TPSA) is 111 Å². The van der Waals surface area contributed by atoms with Gasteiger partial charge < -0.3 is 14.8 Å². The predicted molar refractivity (Wildman–Crippen MR) is 102 cm³/mol. The maximum atomic E-state index is 12.5. The van der Waals surface area contributed by atoms with Gasteiger partial charge in [-0.25, -0.2) is 13.1 Å². The van der Waals surface area contributed by atoms with E-state index in [1.807, 2.05) is 11.6 Å².